The molecule has 0 aliphatic heterocycles. The van der Waals surface area contributed by atoms with Crippen LogP contribution in [0, 0.1) is 10.1 Å². The molecule has 0 atom stereocenters. The molecule has 0 saturated carbocycles. The molecule has 10 heteroatoms. The highest BCUT2D eigenvalue weighted by molar-refractivity contribution is 9.10. The average Bonchev–Trinajstić information content (AvgIpc) is 2.72. The monoisotopic (exact) mass is 313 g/mol. The molecule has 0 aromatic carbocycles. The Morgan fingerprint density at radius 1 is 1.56 bits per heavy atom. The van der Waals surface area contributed by atoms with E-state index in [1.54, 1.807) is 18.3 Å². The molecule has 0 spiro atoms. The minimum absolute atomic E-state index is 0.287. The van der Waals surface area contributed by atoms with E-state index < -0.39 is 10.9 Å². The number of nitro groups is 1. The number of nitrogens with two attached hydrogens (primary N) is 1. The van der Waals surface area contributed by atoms with Gasteiger partial charge < -0.3 is 15.5 Å². The number of aromatic nitrogens is 4. The zero-order chi connectivity index (χ0) is 13.1. The fourth-order valence-electron chi connectivity index (χ4n) is 1.27. The summed E-state index contributed by atoms with van der Waals surface area (Å²) in [5, 5.41) is 14.3. The normalized spacial score (nSPS) is 10.3. The highest BCUT2D eigenvalue weighted by atomic mass is 79.9. The van der Waals surface area contributed by atoms with Crippen molar-refractivity contribution in [3.8, 4) is 0 Å². The van der Waals surface area contributed by atoms with Crippen LogP contribution in [0.25, 0.3) is 0 Å². The van der Waals surface area contributed by atoms with Gasteiger partial charge in [0.15, 0.2) is 0 Å². The summed E-state index contributed by atoms with van der Waals surface area (Å²) in [7, 11) is 0. The van der Waals surface area contributed by atoms with Crippen molar-refractivity contribution in [3.05, 3.63) is 38.7 Å². The summed E-state index contributed by atoms with van der Waals surface area (Å²) in [5.74, 6) is 5.27. The molecule has 0 amide bonds. The highest BCUT2D eigenvalue weighted by Crippen LogP contribution is 2.14. The molecule has 9 nitrogen and oxygen atoms in total. The number of nitrogens with zero attached hydrogens (tertiary/aromatic N) is 5. The second kappa shape index (κ2) is 5.06. The van der Waals surface area contributed by atoms with Gasteiger partial charge in [-0.3, -0.25) is 0 Å². The number of hydrazine groups is 1. The maximum atomic E-state index is 10.5. The number of nitrogen functional groups attached to an aromatic ring is 1. The summed E-state index contributed by atoms with van der Waals surface area (Å²) < 4.78 is 1.65. The van der Waals surface area contributed by atoms with Crippen molar-refractivity contribution < 1.29 is 4.92 Å². The Morgan fingerprint density at radius 3 is 2.83 bits per heavy atom. The number of halogens is 1. The van der Waals surface area contributed by atoms with Gasteiger partial charge in [0.25, 0.3) is 4.73 Å². The van der Waals surface area contributed by atoms with E-state index in [0.29, 0.717) is 12.4 Å². The second-order valence-electron chi connectivity index (χ2n) is 3.29. The molecule has 0 unspecified atom stereocenters. The molecule has 0 aliphatic rings. The van der Waals surface area contributed by atoms with E-state index >= 15 is 0 Å². The van der Waals surface area contributed by atoms with Crippen molar-refractivity contribution in [3.63, 3.8) is 0 Å². The largest absolute Gasteiger partial charge is 0.492 e. The molecular formula is C8H8BrN7O2. The minimum Gasteiger partial charge on any atom is -0.390 e. The van der Waals surface area contributed by atoms with Gasteiger partial charge in [0.2, 0.25) is 0 Å². The van der Waals surface area contributed by atoms with Crippen LogP contribution in [0.1, 0.15) is 5.56 Å². The smallest absolute Gasteiger partial charge is 0.390 e. The van der Waals surface area contributed by atoms with Crippen LogP contribution >= 0.6 is 15.9 Å². The van der Waals surface area contributed by atoms with Crippen molar-refractivity contribution in [1.82, 2.24) is 19.7 Å². The second-order valence-corrected chi connectivity index (χ2v) is 4.00. The number of rotatable bonds is 4. The summed E-state index contributed by atoms with van der Waals surface area (Å²) in [4.78, 5) is 17.5. The van der Waals surface area contributed by atoms with Crippen LogP contribution in [-0.2, 0) is 6.54 Å². The molecular weight excluding hydrogens is 306 g/mol. The van der Waals surface area contributed by atoms with Gasteiger partial charge in [-0.2, -0.15) is 4.68 Å². The lowest BCUT2D eigenvalue weighted by Gasteiger charge is -2.01. The van der Waals surface area contributed by atoms with Gasteiger partial charge in [-0.15, -0.1) is 0 Å². The van der Waals surface area contributed by atoms with Crippen LogP contribution in [0.2, 0.25) is 0 Å². The lowest BCUT2D eigenvalue weighted by atomic mass is 10.3. The topological polar surface area (TPSA) is 125 Å². The standard InChI is InChI=1S/C8H8BrN7O2/c9-7-12-8(16(17)18)14-15(7)4-5-1-2-6(13-10)11-3-5/h1-3H,4,10H2,(H,11,13). The molecule has 2 aromatic rings. The SMILES string of the molecule is NNc1ccc(Cn2nc([N+](=O)[O-])nc2Br)cn1. The first-order chi connectivity index (χ1) is 8.60. The van der Waals surface area contributed by atoms with Crippen LogP contribution in [0.5, 0.6) is 0 Å². The third kappa shape index (κ3) is 2.60. The molecule has 94 valence electrons. The fraction of sp³-hybridized carbons (Fsp3) is 0.125. The number of hydrogen-bond acceptors (Lipinski definition) is 7. The Hall–Kier alpha value is -2.07. The molecule has 0 aliphatic carbocycles. The Labute approximate surface area is 109 Å². The van der Waals surface area contributed by atoms with Crippen LogP contribution in [-0.4, -0.2) is 24.7 Å². The lowest BCUT2D eigenvalue weighted by molar-refractivity contribution is -0.394. The van der Waals surface area contributed by atoms with Gasteiger partial charge in [0.05, 0.1) is 6.54 Å². The first-order valence-corrected chi connectivity index (χ1v) is 5.55. The van der Waals surface area contributed by atoms with Gasteiger partial charge in [-0.05, 0) is 21.5 Å². The van der Waals surface area contributed by atoms with Crippen molar-refractivity contribution in [2.75, 3.05) is 5.43 Å². The summed E-state index contributed by atoms with van der Waals surface area (Å²) in [6.07, 6.45) is 1.59. The van der Waals surface area contributed by atoms with E-state index in [9.17, 15) is 10.1 Å². The lowest BCUT2D eigenvalue weighted by Crippen LogP contribution is -2.09. The first kappa shape index (κ1) is 12.4. The summed E-state index contributed by atoms with van der Waals surface area (Å²) in [6, 6.07) is 3.47. The van der Waals surface area contributed by atoms with Crippen molar-refractivity contribution >= 4 is 27.7 Å². The summed E-state index contributed by atoms with van der Waals surface area (Å²) in [6.45, 7) is 0.319. The molecule has 18 heavy (non-hydrogen) atoms. The number of nitrogens with one attached hydrogen (secondary N) is 1. The summed E-state index contributed by atoms with van der Waals surface area (Å²) in [5.41, 5.74) is 3.22. The molecule has 0 radical (unpaired) electrons. The van der Waals surface area contributed by atoms with Crippen LogP contribution in [0.4, 0.5) is 11.8 Å². The molecule has 0 saturated heterocycles. The molecule has 2 aromatic heterocycles. The van der Waals surface area contributed by atoms with Crippen molar-refractivity contribution in [1.29, 1.82) is 0 Å². The van der Waals surface area contributed by atoms with E-state index in [-0.39, 0.29) is 4.73 Å². The Morgan fingerprint density at radius 2 is 2.33 bits per heavy atom. The Kier molecular flexibility index (Phi) is 3.48. The maximum absolute atomic E-state index is 10.5. The van der Waals surface area contributed by atoms with Gasteiger partial charge >= 0.3 is 5.95 Å². The summed E-state index contributed by atoms with van der Waals surface area (Å²) >= 11 is 3.10. The zero-order valence-electron chi connectivity index (χ0n) is 8.95. The van der Waals surface area contributed by atoms with Crippen LogP contribution in [0.3, 0.4) is 0 Å². The van der Waals surface area contributed by atoms with Gasteiger partial charge in [-0.25, -0.2) is 10.8 Å². The number of pyridine rings is 1. The molecule has 0 bridgehead atoms. The number of anilines is 1. The van der Waals surface area contributed by atoms with E-state index in [4.69, 9.17) is 5.84 Å². The van der Waals surface area contributed by atoms with Crippen molar-refractivity contribution in [2.24, 2.45) is 5.84 Å². The predicted octanol–water partition coefficient (Wildman–Crippen LogP) is 0.678. The van der Waals surface area contributed by atoms with E-state index in [2.05, 4.69) is 36.4 Å². The molecule has 2 rings (SSSR count). The molecule has 2 heterocycles. The van der Waals surface area contributed by atoms with Crippen LogP contribution in [0.15, 0.2) is 23.1 Å². The number of hydrogen-bond donors (Lipinski definition) is 2. The third-order valence-corrected chi connectivity index (χ3v) is 2.67. The Balaban J connectivity index is 2.19. The average molecular weight is 314 g/mol. The van der Waals surface area contributed by atoms with E-state index in [1.165, 1.54) is 4.68 Å². The molecule has 3 N–H and O–H groups in total. The van der Waals surface area contributed by atoms with Gasteiger partial charge in [0, 0.05) is 27.2 Å². The van der Waals surface area contributed by atoms with Gasteiger partial charge in [0.1, 0.15) is 5.82 Å². The third-order valence-electron chi connectivity index (χ3n) is 2.08. The first-order valence-electron chi connectivity index (χ1n) is 4.76. The quantitative estimate of drug-likeness (QED) is 0.483. The zero-order valence-corrected chi connectivity index (χ0v) is 10.5. The highest BCUT2D eigenvalue weighted by Gasteiger charge is 2.19. The molecule has 0 fully saturated rings. The maximum Gasteiger partial charge on any atom is 0.492 e. The Bertz CT molecular complexity index is 567. The van der Waals surface area contributed by atoms with E-state index in [0.717, 1.165) is 5.56 Å². The van der Waals surface area contributed by atoms with Gasteiger partial charge in [-0.1, -0.05) is 6.07 Å². The van der Waals surface area contributed by atoms with Crippen molar-refractivity contribution in [2.45, 2.75) is 6.54 Å². The van der Waals surface area contributed by atoms with E-state index in [1.807, 2.05) is 0 Å². The predicted molar refractivity (Wildman–Crippen MR) is 65.5 cm³/mol. The fourth-order valence-corrected chi connectivity index (χ4v) is 1.63. The minimum atomic E-state index is -0.652. The van der Waals surface area contributed by atoms with Crippen LogP contribution < -0.4 is 11.3 Å².